The molecule has 0 bridgehead atoms. The quantitative estimate of drug-likeness (QED) is 0.343. The standard InChI is InChI=1S/C3H10O3S3Si/c7-1-4-10(5-2-8)6-3-9/h7-10H,1-3H2. The first-order valence-electron chi connectivity index (χ1n) is 2.52. The Morgan fingerprint density at radius 2 is 1.10 bits per heavy atom. The Bertz CT molecular complexity index is 61.7. The number of thiol groups is 3. The van der Waals surface area contributed by atoms with Crippen molar-refractivity contribution in [3.63, 3.8) is 0 Å². The van der Waals surface area contributed by atoms with E-state index in [-0.39, 0.29) is 0 Å². The SMILES string of the molecule is SCO[SiH](OCS)OCS. The van der Waals surface area contributed by atoms with Crippen LogP contribution in [0.15, 0.2) is 0 Å². The second kappa shape index (κ2) is 8.25. The zero-order valence-corrected chi connectivity index (χ0v) is 9.10. The summed E-state index contributed by atoms with van der Waals surface area (Å²) in [5.74, 6) is 0.912. The van der Waals surface area contributed by atoms with Gasteiger partial charge in [0.2, 0.25) is 0 Å². The van der Waals surface area contributed by atoms with Crippen LogP contribution in [0.1, 0.15) is 0 Å². The van der Waals surface area contributed by atoms with Crippen molar-refractivity contribution >= 4 is 47.4 Å². The average molecular weight is 218 g/mol. The van der Waals surface area contributed by atoms with Crippen molar-refractivity contribution < 1.29 is 13.3 Å². The molecule has 0 saturated carbocycles. The average Bonchev–Trinajstić information content (AvgIpc) is 1.90. The highest BCUT2D eigenvalue weighted by Crippen LogP contribution is 1.95. The van der Waals surface area contributed by atoms with Gasteiger partial charge in [-0.15, -0.1) is 0 Å². The van der Waals surface area contributed by atoms with Crippen molar-refractivity contribution in [1.82, 2.24) is 0 Å². The van der Waals surface area contributed by atoms with Gasteiger partial charge in [-0.05, 0) is 0 Å². The van der Waals surface area contributed by atoms with Crippen LogP contribution in [-0.2, 0) is 13.3 Å². The van der Waals surface area contributed by atoms with Crippen LogP contribution in [-0.4, -0.2) is 27.3 Å². The summed E-state index contributed by atoms with van der Waals surface area (Å²) in [6, 6.07) is 0. The highest BCUT2D eigenvalue weighted by Gasteiger charge is 2.11. The zero-order valence-electron chi connectivity index (χ0n) is 5.27. The second-order valence-electron chi connectivity index (χ2n) is 1.18. The third-order valence-electron chi connectivity index (χ3n) is 0.632. The molecule has 0 amide bonds. The fourth-order valence-corrected chi connectivity index (χ4v) is 2.08. The molecule has 3 nitrogen and oxygen atoms in total. The Kier molecular flexibility index (Phi) is 9.19. The highest BCUT2D eigenvalue weighted by atomic mass is 32.1. The molecule has 0 spiro atoms. The van der Waals surface area contributed by atoms with Crippen LogP contribution in [0.4, 0.5) is 0 Å². The molecule has 0 aliphatic heterocycles. The Labute approximate surface area is 78.6 Å². The lowest BCUT2D eigenvalue weighted by atomic mass is 11.7. The van der Waals surface area contributed by atoms with E-state index in [1.165, 1.54) is 0 Å². The lowest BCUT2D eigenvalue weighted by Crippen LogP contribution is -2.25. The van der Waals surface area contributed by atoms with Crippen LogP contribution in [0, 0.1) is 0 Å². The van der Waals surface area contributed by atoms with Gasteiger partial charge in [-0.2, -0.15) is 37.9 Å². The third kappa shape index (κ3) is 5.90. The summed E-state index contributed by atoms with van der Waals surface area (Å²) in [7, 11) is -1.96. The molecule has 0 unspecified atom stereocenters. The van der Waals surface area contributed by atoms with Crippen molar-refractivity contribution in [2.24, 2.45) is 0 Å². The summed E-state index contributed by atoms with van der Waals surface area (Å²) in [6.07, 6.45) is 0. The van der Waals surface area contributed by atoms with Crippen LogP contribution in [0.25, 0.3) is 0 Å². The Balaban J connectivity index is 3.30. The van der Waals surface area contributed by atoms with Crippen molar-refractivity contribution in [2.45, 2.75) is 0 Å². The molecule has 0 aromatic carbocycles. The normalized spacial score (nSPS) is 10.8. The first-order chi connectivity index (χ1) is 4.85. The van der Waals surface area contributed by atoms with E-state index in [0.717, 1.165) is 0 Å². The minimum Gasteiger partial charge on any atom is -0.366 e. The molecule has 0 aliphatic carbocycles. The molecule has 0 atom stereocenters. The molecule has 0 aliphatic rings. The van der Waals surface area contributed by atoms with Crippen molar-refractivity contribution in [1.29, 1.82) is 0 Å². The van der Waals surface area contributed by atoms with E-state index in [4.69, 9.17) is 13.3 Å². The Morgan fingerprint density at radius 3 is 1.30 bits per heavy atom. The Hall–Kier alpha value is 1.15. The van der Waals surface area contributed by atoms with Crippen LogP contribution < -0.4 is 0 Å². The van der Waals surface area contributed by atoms with E-state index >= 15 is 0 Å². The molecule has 0 heterocycles. The molecule has 0 fully saturated rings. The van der Waals surface area contributed by atoms with Gasteiger partial charge in [0, 0.05) is 0 Å². The largest absolute Gasteiger partial charge is 0.486 e. The maximum atomic E-state index is 4.98. The summed E-state index contributed by atoms with van der Waals surface area (Å²) >= 11 is 11.5. The molecule has 0 N–H and O–H groups in total. The lowest BCUT2D eigenvalue weighted by molar-refractivity contribution is 0.147. The van der Waals surface area contributed by atoms with Gasteiger partial charge in [0.05, 0.1) is 17.8 Å². The first kappa shape index (κ1) is 11.1. The molecule has 62 valence electrons. The van der Waals surface area contributed by atoms with Gasteiger partial charge in [0.25, 0.3) is 0 Å². The first-order valence-corrected chi connectivity index (χ1v) is 5.83. The minimum absolute atomic E-state index is 0.304. The molecule has 0 rings (SSSR count). The van der Waals surface area contributed by atoms with E-state index in [1.807, 2.05) is 0 Å². The fraction of sp³-hybridized carbons (Fsp3) is 1.00. The van der Waals surface area contributed by atoms with Gasteiger partial charge in [0.1, 0.15) is 0 Å². The number of rotatable bonds is 6. The molecule has 7 heteroatoms. The summed E-state index contributed by atoms with van der Waals surface area (Å²) in [5.41, 5.74) is 0. The van der Waals surface area contributed by atoms with E-state index < -0.39 is 9.53 Å². The van der Waals surface area contributed by atoms with Crippen molar-refractivity contribution in [2.75, 3.05) is 17.8 Å². The molecule has 10 heavy (non-hydrogen) atoms. The van der Waals surface area contributed by atoms with Gasteiger partial charge < -0.3 is 13.3 Å². The smallest absolute Gasteiger partial charge is 0.366 e. The van der Waals surface area contributed by atoms with Crippen LogP contribution in [0.3, 0.4) is 0 Å². The van der Waals surface area contributed by atoms with E-state index in [0.29, 0.717) is 17.8 Å². The fourth-order valence-electron chi connectivity index (χ4n) is 0.327. The van der Waals surface area contributed by atoms with Gasteiger partial charge in [0.15, 0.2) is 0 Å². The molecule has 0 aromatic rings. The Morgan fingerprint density at radius 1 is 0.800 bits per heavy atom. The predicted molar refractivity (Wildman–Crippen MR) is 52.0 cm³/mol. The zero-order chi connectivity index (χ0) is 7.82. The summed E-state index contributed by atoms with van der Waals surface area (Å²) in [4.78, 5) is 0. The van der Waals surface area contributed by atoms with E-state index in [2.05, 4.69) is 37.9 Å². The summed E-state index contributed by atoms with van der Waals surface area (Å²) in [6.45, 7) is 0. The maximum absolute atomic E-state index is 4.98. The number of hydrogen-bond acceptors (Lipinski definition) is 6. The molecular formula is C3H10O3S3Si. The van der Waals surface area contributed by atoms with Crippen LogP contribution in [0.2, 0.25) is 0 Å². The second-order valence-corrected chi connectivity index (χ2v) is 3.53. The lowest BCUT2D eigenvalue weighted by Gasteiger charge is -2.11. The molecule has 0 radical (unpaired) electrons. The predicted octanol–water partition coefficient (Wildman–Crippen LogP) is 0.415. The summed E-state index contributed by atoms with van der Waals surface area (Å²) < 4.78 is 15.0. The van der Waals surface area contributed by atoms with E-state index in [9.17, 15) is 0 Å². The van der Waals surface area contributed by atoms with Crippen LogP contribution >= 0.6 is 37.9 Å². The van der Waals surface area contributed by atoms with Crippen molar-refractivity contribution in [3.05, 3.63) is 0 Å². The van der Waals surface area contributed by atoms with Gasteiger partial charge >= 0.3 is 9.53 Å². The summed E-state index contributed by atoms with van der Waals surface area (Å²) in [5, 5.41) is 0. The van der Waals surface area contributed by atoms with Crippen LogP contribution in [0.5, 0.6) is 0 Å². The third-order valence-corrected chi connectivity index (χ3v) is 3.24. The molecule has 0 saturated heterocycles. The highest BCUT2D eigenvalue weighted by molar-refractivity contribution is 7.80. The van der Waals surface area contributed by atoms with Gasteiger partial charge in [-0.25, -0.2) is 0 Å². The molecule has 0 aromatic heterocycles. The van der Waals surface area contributed by atoms with E-state index in [1.54, 1.807) is 0 Å². The van der Waals surface area contributed by atoms with Gasteiger partial charge in [-0.1, -0.05) is 0 Å². The topological polar surface area (TPSA) is 27.7 Å². The number of hydrogen-bond donors (Lipinski definition) is 3. The maximum Gasteiger partial charge on any atom is 0.486 e. The minimum atomic E-state index is -1.96. The monoisotopic (exact) mass is 218 g/mol. The molecular weight excluding hydrogens is 208 g/mol. The van der Waals surface area contributed by atoms with Gasteiger partial charge in [-0.3, -0.25) is 0 Å². The van der Waals surface area contributed by atoms with Crippen molar-refractivity contribution in [3.8, 4) is 0 Å².